The molecular weight excluding hydrogens is 661 g/mol. The number of rotatable bonds is 6. The van der Waals surface area contributed by atoms with Crippen molar-refractivity contribution in [1.29, 1.82) is 0 Å². The van der Waals surface area contributed by atoms with Crippen LogP contribution in [0.2, 0.25) is 0 Å². The number of anilines is 6. The number of para-hydroxylation sites is 1. The Bertz CT molecular complexity index is 2740. The molecule has 0 fully saturated rings. The zero-order valence-corrected chi connectivity index (χ0v) is 29.7. The SMILES string of the molecule is c1ccc(-c2ccc(N(c3ccc4c(c3)Sc3ccccc3N4c3ccc(-c4ccccc4)cc3)c3ccc4ccc5ccccc5c4c3)cc2)cc1. The molecule has 9 aromatic rings. The lowest BCUT2D eigenvalue weighted by molar-refractivity contribution is 1.16. The third kappa shape index (κ3) is 5.72. The van der Waals surface area contributed by atoms with E-state index in [0.717, 1.165) is 22.7 Å². The van der Waals surface area contributed by atoms with Crippen molar-refractivity contribution in [2.24, 2.45) is 0 Å². The summed E-state index contributed by atoms with van der Waals surface area (Å²) in [7, 11) is 0. The van der Waals surface area contributed by atoms with Gasteiger partial charge in [0.25, 0.3) is 0 Å². The van der Waals surface area contributed by atoms with Gasteiger partial charge in [-0.05, 0) is 111 Å². The van der Waals surface area contributed by atoms with E-state index in [-0.39, 0.29) is 0 Å². The fourth-order valence-corrected chi connectivity index (χ4v) is 8.70. The Morgan fingerprint density at radius 2 is 0.849 bits per heavy atom. The summed E-state index contributed by atoms with van der Waals surface area (Å²) < 4.78 is 0. The van der Waals surface area contributed by atoms with Crippen molar-refractivity contribution in [3.63, 3.8) is 0 Å². The fraction of sp³-hybridized carbons (Fsp3) is 0. The molecule has 0 atom stereocenters. The van der Waals surface area contributed by atoms with E-state index in [2.05, 4.69) is 216 Å². The van der Waals surface area contributed by atoms with Gasteiger partial charge in [-0.3, -0.25) is 0 Å². The van der Waals surface area contributed by atoms with Crippen LogP contribution in [-0.4, -0.2) is 0 Å². The van der Waals surface area contributed by atoms with Crippen molar-refractivity contribution in [2.45, 2.75) is 9.79 Å². The average molecular weight is 695 g/mol. The van der Waals surface area contributed by atoms with E-state index in [1.165, 1.54) is 65.0 Å². The van der Waals surface area contributed by atoms with E-state index in [1.54, 1.807) is 0 Å². The predicted molar refractivity (Wildman–Crippen MR) is 226 cm³/mol. The van der Waals surface area contributed by atoms with Crippen molar-refractivity contribution in [3.8, 4) is 22.3 Å². The summed E-state index contributed by atoms with van der Waals surface area (Å²) in [5, 5.41) is 4.99. The fourth-order valence-electron chi connectivity index (χ4n) is 7.61. The first-order valence-electron chi connectivity index (χ1n) is 18.0. The van der Waals surface area contributed by atoms with Crippen molar-refractivity contribution in [3.05, 3.63) is 206 Å². The van der Waals surface area contributed by atoms with Crippen LogP contribution >= 0.6 is 11.8 Å². The van der Waals surface area contributed by atoms with E-state index in [1.807, 2.05) is 11.8 Å². The molecule has 9 aromatic carbocycles. The van der Waals surface area contributed by atoms with Crippen LogP contribution in [0.4, 0.5) is 34.1 Å². The number of benzene rings is 9. The Morgan fingerprint density at radius 3 is 1.58 bits per heavy atom. The molecule has 2 nitrogen and oxygen atoms in total. The molecule has 0 spiro atoms. The Hall–Kier alpha value is -6.55. The average Bonchev–Trinajstić information content (AvgIpc) is 3.24. The maximum atomic E-state index is 2.40. The van der Waals surface area contributed by atoms with Gasteiger partial charge in [0.1, 0.15) is 0 Å². The first-order valence-corrected chi connectivity index (χ1v) is 18.8. The summed E-state index contributed by atoms with van der Waals surface area (Å²) >= 11 is 1.84. The van der Waals surface area contributed by atoms with Gasteiger partial charge in [0.15, 0.2) is 0 Å². The quantitative estimate of drug-likeness (QED) is 0.160. The molecule has 0 unspecified atom stereocenters. The minimum atomic E-state index is 1.11. The molecular formula is C50H34N2S. The maximum Gasteiger partial charge on any atom is 0.0603 e. The summed E-state index contributed by atoms with van der Waals surface area (Å²) in [4.78, 5) is 7.25. The second kappa shape index (κ2) is 13.2. The first-order chi connectivity index (χ1) is 26.3. The molecule has 1 heterocycles. The molecule has 0 amide bonds. The molecule has 1 aliphatic rings. The van der Waals surface area contributed by atoms with Crippen molar-refractivity contribution in [1.82, 2.24) is 0 Å². The Morgan fingerprint density at radius 1 is 0.340 bits per heavy atom. The van der Waals surface area contributed by atoms with Crippen LogP contribution in [0.1, 0.15) is 0 Å². The molecule has 0 N–H and O–H groups in total. The predicted octanol–water partition coefficient (Wildman–Crippen LogP) is 14.7. The van der Waals surface area contributed by atoms with Gasteiger partial charge in [-0.15, -0.1) is 0 Å². The van der Waals surface area contributed by atoms with Crippen molar-refractivity contribution in [2.75, 3.05) is 9.80 Å². The van der Waals surface area contributed by atoms with Gasteiger partial charge in [0.05, 0.1) is 11.4 Å². The van der Waals surface area contributed by atoms with E-state index in [9.17, 15) is 0 Å². The maximum absolute atomic E-state index is 2.40. The largest absolute Gasteiger partial charge is 0.310 e. The molecule has 0 aromatic heterocycles. The number of fused-ring (bicyclic) bond motifs is 5. The summed E-state index contributed by atoms with van der Waals surface area (Å²) in [6.07, 6.45) is 0. The van der Waals surface area contributed by atoms with E-state index >= 15 is 0 Å². The Balaban J connectivity index is 1.11. The summed E-state index contributed by atoms with van der Waals surface area (Å²) in [5.74, 6) is 0. The van der Waals surface area contributed by atoms with Crippen molar-refractivity contribution >= 4 is 67.4 Å². The molecule has 53 heavy (non-hydrogen) atoms. The molecule has 10 rings (SSSR count). The molecule has 0 radical (unpaired) electrons. The summed E-state index contributed by atoms with van der Waals surface area (Å²) in [6, 6.07) is 74.7. The second-order valence-electron chi connectivity index (χ2n) is 13.4. The van der Waals surface area contributed by atoms with E-state index < -0.39 is 0 Å². The van der Waals surface area contributed by atoms with Gasteiger partial charge in [-0.1, -0.05) is 151 Å². The van der Waals surface area contributed by atoms with Gasteiger partial charge in [-0.2, -0.15) is 0 Å². The minimum absolute atomic E-state index is 1.11. The highest BCUT2D eigenvalue weighted by Gasteiger charge is 2.26. The highest BCUT2D eigenvalue weighted by Crippen LogP contribution is 2.53. The number of hydrogen-bond donors (Lipinski definition) is 0. The molecule has 0 saturated heterocycles. The van der Waals surface area contributed by atoms with Crippen molar-refractivity contribution < 1.29 is 0 Å². The normalized spacial score (nSPS) is 12.0. The summed E-state index contributed by atoms with van der Waals surface area (Å²) in [5.41, 5.74) is 11.7. The van der Waals surface area contributed by atoms with Crippen LogP contribution in [0.25, 0.3) is 43.8 Å². The zero-order valence-electron chi connectivity index (χ0n) is 28.9. The Labute approximate surface area is 314 Å². The first kappa shape index (κ1) is 31.2. The van der Waals surface area contributed by atoms with Gasteiger partial charge >= 0.3 is 0 Å². The molecule has 0 aliphatic carbocycles. The molecule has 0 saturated carbocycles. The lowest BCUT2D eigenvalue weighted by Crippen LogP contribution is -2.16. The standard InChI is InChI=1S/C50H34N2S/c1-3-11-35(12-4-1)37-21-26-41(27-22-37)51(43-30-25-40-20-19-39-15-7-8-16-45(39)46(40)33-43)44-31-32-48-50(34-44)53-49-18-10-9-17-47(49)52(48)42-28-23-38(24-29-42)36-13-5-2-6-14-36/h1-34H. The van der Waals surface area contributed by atoms with Crippen LogP contribution in [0.5, 0.6) is 0 Å². The Kier molecular flexibility index (Phi) is 7.78. The highest BCUT2D eigenvalue weighted by atomic mass is 32.2. The van der Waals surface area contributed by atoms with Gasteiger partial charge in [-0.25, -0.2) is 0 Å². The third-order valence-corrected chi connectivity index (χ3v) is 11.3. The smallest absolute Gasteiger partial charge is 0.0603 e. The van der Waals surface area contributed by atoms with E-state index in [4.69, 9.17) is 0 Å². The van der Waals surface area contributed by atoms with Crippen LogP contribution in [0.3, 0.4) is 0 Å². The highest BCUT2D eigenvalue weighted by molar-refractivity contribution is 7.99. The van der Waals surface area contributed by atoms with Crippen LogP contribution in [-0.2, 0) is 0 Å². The molecule has 1 aliphatic heterocycles. The third-order valence-electron chi connectivity index (χ3n) is 10.2. The van der Waals surface area contributed by atoms with Gasteiger partial charge in [0, 0.05) is 32.5 Å². The molecule has 250 valence electrons. The summed E-state index contributed by atoms with van der Waals surface area (Å²) in [6.45, 7) is 0. The minimum Gasteiger partial charge on any atom is -0.310 e. The van der Waals surface area contributed by atoms with Crippen LogP contribution in [0, 0.1) is 0 Å². The molecule has 3 heteroatoms. The molecule has 0 bridgehead atoms. The van der Waals surface area contributed by atoms with Crippen LogP contribution < -0.4 is 9.80 Å². The van der Waals surface area contributed by atoms with Gasteiger partial charge in [0.2, 0.25) is 0 Å². The lowest BCUT2D eigenvalue weighted by atomic mass is 10.0. The second-order valence-corrected chi connectivity index (χ2v) is 14.5. The van der Waals surface area contributed by atoms with Crippen LogP contribution in [0.15, 0.2) is 216 Å². The topological polar surface area (TPSA) is 6.48 Å². The lowest BCUT2D eigenvalue weighted by Gasteiger charge is -2.34. The monoisotopic (exact) mass is 694 g/mol. The van der Waals surface area contributed by atoms with E-state index in [0.29, 0.717) is 0 Å². The number of nitrogens with zero attached hydrogens (tertiary/aromatic N) is 2. The number of hydrogen-bond acceptors (Lipinski definition) is 3. The zero-order chi connectivity index (χ0) is 35.1. The van der Waals surface area contributed by atoms with Gasteiger partial charge < -0.3 is 9.80 Å².